The van der Waals surface area contributed by atoms with Crippen LogP contribution < -0.4 is 5.32 Å². The first kappa shape index (κ1) is 16.2. The van der Waals surface area contributed by atoms with E-state index in [-0.39, 0.29) is 0 Å². The SMILES string of the molecule is N#Cc1cccc(CNC2CCCN(Cc3noc(C4CC4)n3)C2)c1. The smallest absolute Gasteiger partial charge is 0.229 e. The summed E-state index contributed by atoms with van der Waals surface area (Å²) in [6.07, 6.45) is 4.71. The highest BCUT2D eigenvalue weighted by molar-refractivity contribution is 5.32. The molecule has 2 heterocycles. The van der Waals surface area contributed by atoms with E-state index in [2.05, 4.69) is 32.5 Å². The summed E-state index contributed by atoms with van der Waals surface area (Å²) in [5, 5.41) is 16.8. The molecule has 0 radical (unpaired) electrons. The van der Waals surface area contributed by atoms with Crippen molar-refractivity contribution in [3.63, 3.8) is 0 Å². The number of nitrogens with one attached hydrogen (secondary N) is 1. The van der Waals surface area contributed by atoms with Gasteiger partial charge < -0.3 is 9.84 Å². The summed E-state index contributed by atoms with van der Waals surface area (Å²) in [4.78, 5) is 6.93. The molecule has 0 bridgehead atoms. The molecule has 1 aliphatic carbocycles. The van der Waals surface area contributed by atoms with Crippen LogP contribution in [-0.2, 0) is 13.1 Å². The Morgan fingerprint density at radius 1 is 1.32 bits per heavy atom. The van der Waals surface area contributed by atoms with Gasteiger partial charge in [0.2, 0.25) is 5.89 Å². The minimum absolute atomic E-state index is 0.453. The summed E-state index contributed by atoms with van der Waals surface area (Å²) in [5.74, 6) is 2.14. The average Bonchev–Trinajstić information content (AvgIpc) is 3.40. The van der Waals surface area contributed by atoms with Crippen molar-refractivity contribution in [2.75, 3.05) is 13.1 Å². The van der Waals surface area contributed by atoms with Crippen LogP contribution in [-0.4, -0.2) is 34.2 Å². The van der Waals surface area contributed by atoms with Gasteiger partial charge in [0.25, 0.3) is 0 Å². The number of benzene rings is 1. The summed E-state index contributed by atoms with van der Waals surface area (Å²) in [5.41, 5.74) is 1.87. The molecule has 1 unspecified atom stereocenters. The highest BCUT2D eigenvalue weighted by Crippen LogP contribution is 2.38. The molecular formula is C19H23N5O. The van der Waals surface area contributed by atoms with E-state index in [0.29, 0.717) is 17.5 Å². The molecule has 0 spiro atoms. The van der Waals surface area contributed by atoms with E-state index in [1.165, 1.54) is 25.7 Å². The first-order valence-corrected chi connectivity index (χ1v) is 9.07. The van der Waals surface area contributed by atoms with Gasteiger partial charge in [0.1, 0.15) is 0 Å². The Morgan fingerprint density at radius 2 is 2.24 bits per heavy atom. The molecule has 1 saturated heterocycles. The van der Waals surface area contributed by atoms with Gasteiger partial charge in [0.15, 0.2) is 5.82 Å². The zero-order chi connectivity index (χ0) is 17.1. The van der Waals surface area contributed by atoms with Gasteiger partial charge in [-0.1, -0.05) is 17.3 Å². The fraction of sp³-hybridized carbons (Fsp3) is 0.526. The Hall–Kier alpha value is -2.23. The number of piperidine rings is 1. The molecule has 6 heteroatoms. The summed E-state index contributed by atoms with van der Waals surface area (Å²) < 4.78 is 5.35. The van der Waals surface area contributed by atoms with E-state index in [4.69, 9.17) is 9.78 Å². The summed E-state index contributed by atoms with van der Waals surface area (Å²) in [6, 6.07) is 10.4. The maximum Gasteiger partial charge on any atom is 0.229 e. The molecule has 2 aliphatic rings. The first-order chi connectivity index (χ1) is 12.3. The van der Waals surface area contributed by atoms with E-state index in [0.717, 1.165) is 43.5 Å². The molecule has 130 valence electrons. The Bertz CT molecular complexity index is 761. The zero-order valence-corrected chi connectivity index (χ0v) is 14.3. The molecule has 1 aliphatic heterocycles. The van der Waals surface area contributed by atoms with Gasteiger partial charge in [-0.05, 0) is 49.9 Å². The molecule has 4 rings (SSSR count). The highest BCUT2D eigenvalue weighted by Gasteiger charge is 2.30. The lowest BCUT2D eigenvalue weighted by atomic mass is 10.0. The van der Waals surface area contributed by atoms with Crippen molar-refractivity contribution in [1.29, 1.82) is 5.26 Å². The normalized spacial score (nSPS) is 21.2. The van der Waals surface area contributed by atoms with Crippen molar-refractivity contribution in [3.05, 3.63) is 47.1 Å². The van der Waals surface area contributed by atoms with Gasteiger partial charge >= 0.3 is 0 Å². The van der Waals surface area contributed by atoms with Crippen LogP contribution in [0.15, 0.2) is 28.8 Å². The minimum atomic E-state index is 0.453. The predicted octanol–water partition coefficient (Wildman–Crippen LogP) is 2.57. The lowest BCUT2D eigenvalue weighted by Crippen LogP contribution is -2.45. The number of hydrogen-bond acceptors (Lipinski definition) is 6. The Morgan fingerprint density at radius 3 is 3.08 bits per heavy atom. The number of likely N-dealkylation sites (tertiary alicyclic amines) is 1. The largest absolute Gasteiger partial charge is 0.339 e. The standard InChI is InChI=1S/C19H23N5O/c20-10-14-3-1-4-15(9-14)11-21-17-5-2-8-24(12-17)13-18-22-19(25-23-18)16-6-7-16/h1,3-4,9,16-17,21H,2,5-8,11-13H2. The number of nitrogens with zero attached hydrogens (tertiary/aromatic N) is 4. The van der Waals surface area contributed by atoms with Crippen LogP contribution in [0.3, 0.4) is 0 Å². The number of aromatic nitrogens is 2. The lowest BCUT2D eigenvalue weighted by molar-refractivity contribution is 0.177. The van der Waals surface area contributed by atoms with E-state index in [1.807, 2.05) is 18.2 Å². The van der Waals surface area contributed by atoms with Crippen LogP contribution in [0.2, 0.25) is 0 Å². The van der Waals surface area contributed by atoms with Gasteiger partial charge in [0.05, 0.1) is 18.2 Å². The average molecular weight is 337 g/mol. The van der Waals surface area contributed by atoms with Crippen LogP contribution >= 0.6 is 0 Å². The molecular weight excluding hydrogens is 314 g/mol. The minimum Gasteiger partial charge on any atom is -0.339 e. The third-order valence-electron chi connectivity index (χ3n) is 4.93. The van der Waals surface area contributed by atoms with Crippen LogP contribution in [0.1, 0.15) is 54.4 Å². The van der Waals surface area contributed by atoms with E-state index < -0.39 is 0 Å². The summed E-state index contributed by atoms with van der Waals surface area (Å²) in [7, 11) is 0. The van der Waals surface area contributed by atoms with Crippen LogP contribution in [0, 0.1) is 11.3 Å². The van der Waals surface area contributed by atoms with Gasteiger partial charge in [-0.25, -0.2) is 0 Å². The Labute approximate surface area is 147 Å². The second kappa shape index (κ2) is 7.34. The third-order valence-corrected chi connectivity index (χ3v) is 4.93. The molecule has 2 fully saturated rings. The van der Waals surface area contributed by atoms with Crippen molar-refractivity contribution in [2.24, 2.45) is 0 Å². The van der Waals surface area contributed by atoms with Crippen molar-refractivity contribution < 1.29 is 4.52 Å². The topological polar surface area (TPSA) is 78.0 Å². The number of rotatable bonds is 6. The predicted molar refractivity (Wildman–Crippen MR) is 92.6 cm³/mol. The number of nitriles is 1. The molecule has 1 saturated carbocycles. The molecule has 0 amide bonds. The van der Waals surface area contributed by atoms with Gasteiger partial charge in [-0.3, -0.25) is 4.90 Å². The van der Waals surface area contributed by atoms with Crippen molar-refractivity contribution in [3.8, 4) is 6.07 Å². The lowest BCUT2D eigenvalue weighted by Gasteiger charge is -2.32. The fourth-order valence-electron chi connectivity index (χ4n) is 3.41. The molecule has 6 nitrogen and oxygen atoms in total. The second-order valence-corrected chi connectivity index (χ2v) is 7.09. The highest BCUT2D eigenvalue weighted by atomic mass is 16.5. The fourth-order valence-corrected chi connectivity index (χ4v) is 3.41. The van der Waals surface area contributed by atoms with Gasteiger partial charge in [0, 0.05) is 25.0 Å². The van der Waals surface area contributed by atoms with E-state index in [1.54, 1.807) is 0 Å². The monoisotopic (exact) mass is 337 g/mol. The first-order valence-electron chi connectivity index (χ1n) is 9.07. The van der Waals surface area contributed by atoms with Crippen molar-refractivity contribution in [1.82, 2.24) is 20.4 Å². The molecule has 2 aromatic rings. The number of hydrogen-bond donors (Lipinski definition) is 1. The maximum atomic E-state index is 9.00. The molecule has 1 aromatic carbocycles. The van der Waals surface area contributed by atoms with Crippen molar-refractivity contribution in [2.45, 2.75) is 50.7 Å². The zero-order valence-electron chi connectivity index (χ0n) is 14.3. The maximum absolute atomic E-state index is 9.00. The molecule has 25 heavy (non-hydrogen) atoms. The van der Waals surface area contributed by atoms with Crippen LogP contribution in [0.25, 0.3) is 0 Å². The quantitative estimate of drug-likeness (QED) is 0.873. The Kier molecular flexibility index (Phi) is 4.77. The summed E-state index contributed by atoms with van der Waals surface area (Å²) >= 11 is 0. The van der Waals surface area contributed by atoms with E-state index >= 15 is 0 Å². The molecule has 1 N–H and O–H groups in total. The Balaban J connectivity index is 1.28. The van der Waals surface area contributed by atoms with Gasteiger partial charge in [-0.15, -0.1) is 0 Å². The molecule has 1 atom stereocenters. The third kappa shape index (κ3) is 4.25. The van der Waals surface area contributed by atoms with E-state index in [9.17, 15) is 0 Å². The second-order valence-electron chi connectivity index (χ2n) is 7.09. The molecule has 1 aromatic heterocycles. The summed E-state index contributed by atoms with van der Waals surface area (Å²) in [6.45, 7) is 3.63. The van der Waals surface area contributed by atoms with Gasteiger partial charge in [-0.2, -0.15) is 10.2 Å². The van der Waals surface area contributed by atoms with Crippen LogP contribution in [0.4, 0.5) is 0 Å². The van der Waals surface area contributed by atoms with Crippen molar-refractivity contribution >= 4 is 0 Å². The van der Waals surface area contributed by atoms with Crippen LogP contribution in [0.5, 0.6) is 0 Å².